The summed E-state index contributed by atoms with van der Waals surface area (Å²) >= 11 is 0. The summed E-state index contributed by atoms with van der Waals surface area (Å²) in [5.74, 6) is 0.729. The Kier molecular flexibility index (Phi) is 6.14. The van der Waals surface area contributed by atoms with Crippen molar-refractivity contribution in [3.63, 3.8) is 0 Å². The van der Waals surface area contributed by atoms with E-state index in [4.69, 9.17) is 4.74 Å². The summed E-state index contributed by atoms with van der Waals surface area (Å²) in [6.45, 7) is 7.32. The lowest BCUT2D eigenvalue weighted by atomic mass is 10.0. The first kappa shape index (κ1) is 21.5. The van der Waals surface area contributed by atoms with Crippen LogP contribution in [-0.2, 0) is 11.2 Å². The van der Waals surface area contributed by atoms with Gasteiger partial charge in [0.1, 0.15) is 12.7 Å². The van der Waals surface area contributed by atoms with Gasteiger partial charge in [-0.15, -0.1) is 10.2 Å². The third-order valence-electron chi connectivity index (χ3n) is 7.45. The highest BCUT2D eigenvalue weighted by molar-refractivity contribution is 5.85. The lowest BCUT2D eigenvalue weighted by Gasteiger charge is -2.37. The van der Waals surface area contributed by atoms with Crippen molar-refractivity contribution in [1.82, 2.24) is 29.5 Å². The fourth-order valence-corrected chi connectivity index (χ4v) is 5.58. The molecule has 4 heterocycles. The van der Waals surface area contributed by atoms with E-state index >= 15 is 0 Å². The topological polar surface area (TPSA) is 62.2 Å². The van der Waals surface area contributed by atoms with E-state index in [1.807, 2.05) is 4.57 Å². The summed E-state index contributed by atoms with van der Waals surface area (Å²) in [5.41, 5.74) is 5.04. The molecule has 7 heteroatoms. The van der Waals surface area contributed by atoms with E-state index in [2.05, 4.69) is 79.7 Å². The number of likely N-dealkylation sites (tertiary alicyclic amines) is 1. The van der Waals surface area contributed by atoms with Crippen molar-refractivity contribution in [3.05, 3.63) is 78.5 Å². The van der Waals surface area contributed by atoms with Crippen LogP contribution in [0.15, 0.2) is 67.4 Å². The van der Waals surface area contributed by atoms with Crippen LogP contribution < -0.4 is 0 Å². The Morgan fingerprint density at radius 3 is 2.79 bits per heavy atom. The molecule has 0 saturated carbocycles. The Morgan fingerprint density at radius 2 is 1.91 bits per heavy atom. The van der Waals surface area contributed by atoms with Crippen molar-refractivity contribution in [2.75, 3.05) is 45.9 Å². The summed E-state index contributed by atoms with van der Waals surface area (Å²) < 4.78 is 7.79. The van der Waals surface area contributed by atoms with Crippen molar-refractivity contribution in [3.8, 4) is 5.69 Å². The Hall–Kier alpha value is -3.00. The minimum atomic E-state index is 0.384. The van der Waals surface area contributed by atoms with Crippen molar-refractivity contribution >= 4 is 10.9 Å². The summed E-state index contributed by atoms with van der Waals surface area (Å²) in [5, 5.41) is 9.16. The van der Waals surface area contributed by atoms with Crippen LogP contribution in [0.25, 0.3) is 16.6 Å². The van der Waals surface area contributed by atoms with Gasteiger partial charge in [0.25, 0.3) is 0 Å². The molecule has 0 radical (unpaired) electrons. The molecule has 2 atom stereocenters. The van der Waals surface area contributed by atoms with Crippen LogP contribution in [0, 0.1) is 5.92 Å². The van der Waals surface area contributed by atoms with Crippen LogP contribution in [0.4, 0.5) is 0 Å². The maximum atomic E-state index is 5.84. The molecule has 2 fully saturated rings. The predicted molar refractivity (Wildman–Crippen MR) is 133 cm³/mol. The number of nitrogens with one attached hydrogen (secondary N) is 1. The number of benzene rings is 2. The number of morpholine rings is 1. The summed E-state index contributed by atoms with van der Waals surface area (Å²) in [6.07, 6.45) is 8.00. The molecule has 176 valence electrons. The lowest BCUT2D eigenvalue weighted by Crippen LogP contribution is -2.42. The standard InChI is InChI=1S/C27H32N6O/c1-2-4-22(5-3-1)27-18-34-13-12-32(27)17-21-8-10-31(16-21)11-9-23-15-28-26-7-6-24(14-25(23)26)33-19-29-30-20-33/h1-7,14-15,19-21,27-28H,8-13,16-18H2. The molecule has 34 heavy (non-hydrogen) atoms. The van der Waals surface area contributed by atoms with Crippen LogP contribution in [0.5, 0.6) is 0 Å². The van der Waals surface area contributed by atoms with E-state index in [-0.39, 0.29) is 0 Å². The maximum absolute atomic E-state index is 5.84. The van der Waals surface area contributed by atoms with E-state index in [1.54, 1.807) is 12.7 Å². The Morgan fingerprint density at radius 1 is 1.03 bits per heavy atom. The normalized spacial score (nSPS) is 22.0. The summed E-state index contributed by atoms with van der Waals surface area (Å²) in [4.78, 5) is 8.74. The molecule has 7 nitrogen and oxygen atoms in total. The van der Waals surface area contributed by atoms with Crippen LogP contribution in [-0.4, -0.2) is 75.5 Å². The zero-order chi connectivity index (χ0) is 22.7. The molecule has 6 rings (SSSR count). The van der Waals surface area contributed by atoms with Crippen LogP contribution in [0.3, 0.4) is 0 Å². The van der Waals surface area contributed by atoms with Gasteiger partial charge in [-0.3, -0.25) is 9.47 Å². The number of fused-ring (bicyclic) bond motifs is 1. The third-order valence-corrected chi connectivity index (χ3v) is 7.45. The maximum Gasteiger partial charge on any atom is 0.123 e. The second-order valence-corrected chi connectivity index (χ2v) is 9.61. The highest BCUT2D eigenvalue weighted by atomic mass is 16.5. The Balaban J connectivity index is 1.07. The molecule has 2 aliphatic heterocycles. The number of nitrogens with zero attached hydrogens (tertiary/aromatic N) is 5. The van der Waals surface area contributed by atoms with Gasteiger partial charge in [0, 0.05) is 49.0 Å². The second kappa shape index (κ2) is 9.70. The van der Waals surface area contributed by atoms with Gasteiger partial charge in [-0.25, -0.2) is 0 Å². The highest BCUT2D eigenvalue weighted by Gasteiger charge is 2.30. The predicted octanol–water partition coefficient (Wildman–Crippen LogP) is 3.69. The quantitative estimate of drug-likeness (QED) is 0.460. The molecule has 2 aliphatic rings. The number of rotatable bonds is 7. The second-order valence-electron chi connectivity index (χ2n) is 9.61. The monoisotopic (exact) mass is 456 g/mol. The first-order valence-corrected chi connectivity index (χ1v) is 12.4. The number of ether oxygens (including phenoxy) is 1. The van der Waals surface area contributed by atoms with E-state index < -0.39 is 0 Å². The van der Waals surface area contributed by atoms with E-state index in [0.29, 0.717) is 6.04 Å². The average molecular weight is 457 g/mol. The number of hydrogen-bond donors (Lipinski definition) is 1. The fourth-order valence-electron chi connectivity index (χ4n) is 5.58. The van der Waals surface area contributed by atoms with E-state index in [9.17, 15) is 0 Å². The van der Waals surface area contributed by atoms with Crippen molar-refractivity contribution < 1.29 is 4.74 Å². The fraction of sp³-hybridized carbons (Fsp3) is 0.407. The molecule has 2 aromatic heterocycles. The molecule has 2 saturated heterocycles. The molecule has 2 unspecified atom stereocenters. The summed E-state index contributed by atoms with van der Waals surface area (Å²) in [6, 6.07) is 17.7. The zero-order valence-electron chi connectivity index (χ0n) is 19.5. The smallest absolute Gasteiger partial charge is 0.123 e. The number of aromatic amines is 1. The van der Waals surface area contributed by atoms with Crippen LogP contribution in [0.1, 0.15) is 23.6 Å². The van der Waals surface area contributed by atoms with Crippen LogP contribution in [0.2, 0.25) is 0 Å². The Bertz CT molecular complexity index is 1200. The zero-order valence-corrected chi connectivity index (χ0v) is 19.5. The Labute approximate surface area is 200 Å². The molecule has 0 amide bonds. The molecule has 0 bridgehead atoms. The van der Waals surface area contributed by atoms with Gasteiger partial charge < -0.3 is 14.6 Å². The molecule has 0 aliphatic carbocycles. The van der Waals surface area contributed by atoms with Gasteiger partial charge in [0.2, 0.25) is 0 Å². The van der Waals surface area contributed by atoms with Gasteiger partial charge in [0.15, 0.2) is 0 Å². The molecule has 1 N–H and O–H groups in total. The molecule has 0 spiro atoms. The average Bonchev–Trinajstić information content (AvgIpc) is 3.65. The highest BCUT2D eigenvalue weighted by Crippen LogP contribution is 2.28. The summed E-state index contributed by atoms with van der Waals surface area (Å²) in [7, 11) is 0. The largest absolute Gasteiger partial charge is 0.378 e. The molecule has 2 aromatic carbocycles. The first-order valence-electron chi connectivity index (χ1n) is 12.4. The molecule has 4 aromatic rings. The first-order chi connectivity index (χ1) is 16.8. The van der Waals surface area contributed by atoms with Gasteiger partial charge in [-0.1, -0.05) is 30.3 Å². The van der Waals surface area contributed by atoms with Gasteiger partial charge in [-0.2, -0.15) is 0 Å². The number of aromatic nitrogens is 4. The number of hydrogen-bond acceptors (Lipinski definition) is 5. The lowest BCUT2D eigenvalue weighted by molar-refractivity contribution is -0.0148. The number of H-pyrrole nitrogens is 1. The van der Waals surface area contributed by atoms with Gasteiger partial charge in [0.05, 0.1) is 19.3 Å². The minimum Gasteiger partial charge on any atom is -0.378 e. The molecular weight excluding hydrogens is 424 g/mol. The van der Waals surface area contributed by atoms with E-state index in [1.165, 1.54) is 41.5 Å². The SMILES string of the molecule is c1ccc(C2COCCN2CC2CCN(CCc3c[nH]c4ccc(-n5cnnc5)cc34)C2)cc1. The van der Waals surface area contributed by atoms with E-state index in [0.717, 1.165) is 50.9 Å². The van der Waals surface area contributed by atoms with Gasteiger partial charge in [-0.05, 0) is 54.6 Å². The van der Waals surface area contributed by atoms with Crippen LogP contribution >= 0.6 is 0 Å². The van der Waals surface area contributed by atoms with Crippen molar-refractivity contribution in [2.45, 2.75) is 18.9 Å². The van der Waals surface area contributed by atoms with Crippen molar-refractivity contribution in [2.24, 2.45) is 5.92 Å². The molecular formula is C27H32N6O. The van der Waals surface area contributed by atoms with Gasteiger partial charge >= 0.3 is 0 Å². The third kappa shape index (κ3) is 4.51. The minimum absolute atomic E-state index is 0.384. The van der Waals surface area contributed by atoms with Crippen molar-refractivity contribution in [1.29, 1.82) is 0 Å².